The number of halogens is 1. The van der Waals surface area contributed by atoms with Crippen molar-refractivity contribution in [2.24, 2.45) is 0 Å². The van der Waals surface area contributed by atoms with Crippen molar-refractivity contribution in [2.75, 3.05) is 38.6 Å². The number of sulfonamides is 1. The lowest BCUT2D eigenvalue weighted by Gasteiger charge is -2.26. The molecule has 4 rings (SSSR count). The lowest BCUT2D eigenvalue weighted by Crippen LogP contribution is -2.43. The van der Waals surface area contributed by atoms with Gasteiger partial charge in [-0.25, -0.2) is 17.8 Å². The van der Waals surface area contributed by atoms with Crippen LogP contribution < -0.4 is 5.32 Å². The fourth-order valence-corrected chi connectivity index (χ4v) is 4.80. The standard InChI is InChI=1S/C22H22FN3O4S/c23-17-7-5-16(6-8-17)21-15-19(18-3-1-2-4-20(18)25-21)22(27)24-9-14-31(28,29)26-10-12-30-13-11-26/h1-8,15H,9-14H2,(H,24,27). The molecule has 0 unspecified atom stereocenters. The first kappa shape index (κ1) is 21.4. The van der Waals surface area contributed by atoms with Gasteiger partial charge in [-0.05, 0) is 36.4 Å². The Hall–Kier alpha value is -2.88. The molecule has 3 aromatic rings. The largest absolute Gasteiger partial charge is 0.379 e. The van der Waals surface area contributed by atoms with E-state index in [1.807, 2.05) is 6.07 Å². The summed E-state index contributed by atoms with van der Waals surface area (Å²) in [4.78, 5) is 17.5. The van der Waals surface area contributed by atoms with E-state index in [4.69, 9.17) is 4.74 Å². The molecule has 2 heterocycles. The van der Waals surface area contributed by atoms with Crippen LogP contribution in [-0.4, -0.2) is 62.2 Å². The van der Waals surface area contributed by atoms with E-state index in [2.05, 4.69) is 10.3 Å². The molecule has 31 heavy (non-hydrogen) atoms. The van der Waals surface area contributed by atoms with E-state index >= 15 is 0 Å². The molecular formula is C22H22FN3O4S. The minimum Gasteiger partial charge on any atom is -0.379 e. The number of fused-ring (bicyclic) bond motifs is 1. The van der Waals surface area contributed by atoms with E-state index in [1.54, 1.807) is 36.4 Å². The van der Waals surface area contributed by atoms with Crippen molar-refractivity contribution >= 4 is 26.8 Å². The second kappa shape index (κ2) is 9.09. The number of rotatable bonds is 6. The normalized spacial score (nSPS) is 15.1. The summed E-state index contributed by atoms with van der Waals surface area (Å²) >= 11 is 0. The van der Waals surface area contributed by atoms with Crippen molar-refractivity contribution in [3.63, 3.8) is 0 Å². The third-order valence-corrected chi connectivity index (χ3v) is 6.98. The highest BCUT2D eigenvalue weighted by Crippen LogP contribution is 2.25. The van der Waals surface area contributed by atoms with Crippen LogP contribution in [0.1, 0.15) is 10.4 Å². The van der Waals surface area contributed by atoms with Crippen LogP contribution in [0, 0.1) is 5.82 Å². The smallest absolute Gasteiger partial charge is 0.252 e. The average Bonchev–Trinajstić information content (AvgIpc) is 2.79. The van der Waals surface area contributed by atoms with Crippen LogP contribution >= 0.6 is 0 Å². The molecule has 1 N–H and O–H groups in total. The van der Waals surface area contributed by atoms with Gasteiger partial charge < -0.3 is 10.1 Å². The fraction of sp³-hybridized carbons (Fsp3) is 0.273. The van der Waals surface area contributed by atoms with Gasteiger partial charge in [0.25, 0.3) is 5.91 Å². The Kier molecular flexibility index (Phi) is 6.26. The van der Waals surface area contributed by atoms with Gasteiger partial charge >= 0.3 is 0 Å². The second-order valence-electron chi connectivity index (χ2n) is 7.16. The highest BCUT2D eigenvalue weighted by molar-refractivity contribution is 7.89. The van der Waals surface area contributed by atoms with Crippen LogP contribution in [0.4, 0.5) is 4.39 Å². The van der Waals surface area contributed by atoms with Crippen molar-refractivity contribution < 1.29 is 22.3 Å². The number of para-hydroxylation sites is 1. The predicted octanol–water partition coefficient (Wildman–Crippen LogP) is 2.43. The molecule has 1 aromatic heterocycles. The number of pyridine rings is 1. The van der Waals surface area contributed by atoms with E-state index in [1.165, 1.54) is 16.4 Å². The van der Waals surface area contributed by atoms with Gasteiger partial charge in [0.05, 0.1) is 35.7 Å². The average molecular weight is 444 g/mol. The summed E-state index contributed by atoms with van der Waals surface area (Å²) < 4.78 is 44.8. The highest BCUT2D eigenvalue weighted by Gasteiger charge is 2.24. The molecule has 0 atom stereocenters. The minimum atomic E-state index is -3.47. The summed E-state index contributed by atoms with van der Waals surface area (Å²) in [5.74, 6) is -0.935. The number of benzene rings is 2. The number of aromatic nitrogens is 1. The van der Waals surface area contributed by atoms with Crippen LogP contribution in [0.3, 0.4) is 0 Å². The summed E-state index contributed by atoms with van der Waals surface area (Å²) in [5, 5.41) is 3.36. The Morgan fingerprint density at radius 2 is 1.81 bits per heavy atom. The number of ether oxygens (including phenoxy) is 1. The number of carbonyl (C=O) groups excluding carboxylic acids is 1. The summed E-state index contributed by atoms with van der Waals surface area (Å²) in [6.45, 7) is 1.39. The SMILES string of the molecule is O=C(NCCS(=O)(=O)N1CCOCC1)c1cc(-c2ccc(F)cc2)nc2ccccc12. The molecule has 162 valence electrons. The molecule has 0 radical (unpaired) electrons. The number of carbonyl (C=O) groups is 1. The molecule has 0 bridgehead atoms. The Labute approximate surface area is 179 Å². The van der Waals surface area contributed by atoms with Crippen molar-refractivity contribution in [3.05, 3.63) is 66.0 Å². The van der Waals surface area contributed by atoms with Gasteiger partial charge in [-0.15, -0.1) is 0 Å². The van der Waals surface area contributed by atoms with E-state index in [0.29, 0.717) is 54.0 Å². The monoisotopic (exact) mass is 443 g/mol. The third kappa shape index (κ3) is 4.90. The molecule has 9 heteroatoms. The first-order valence-corrected chi connectivity index (χ1v) is 11.5. The zero-order chi connectivity index (χ0) is 21.8. The number of nitrogens with one attached hydrogen (secondary N) is 1. The zero-order valence-corrected chi connectivity index (χ0v) is 17.6. The van der Waals surface area contributed by atoms with Crippen molar-refractivity contribution in [1.82, 2.24) is 14.6 Å². The summed E-state index contributed by atoms with van der Waals surface area (Å²) in [5.41, 5.74) is 2.21. The molecular weight excluding hydrogens is 421 g/mol. The third-order valence-electron chi connectivity index (χ3n) is 5.11. The van der Waals surface area contributed by atoms with Gasteiger partial charge in [0.2, 0.25) is 10.0 Å². The highest BCUT2D eigenvalue weighted by atomic mass is 32.2. The first-order valence-electron chi connectivity index (χ1n) is 9.93. The number of nitrogens with zero attached hydrogens (tertiary/aromatic N) is 2. The van der Waals surface area contributed by atoms with Gasteiger partial charge in [0.15, 0.2) is 0 Å². The van der Waals surface area contributed by atoms with E-state index in [9.17, 15) is 17.6 Å². The second-order valence-corrected chi connectivity index (χ2v) is 9.25. The van der Waals surface area contributed by atoms with E-state index < -0.39 is 10.0 Å². The number of morpholine rings is 1. The maximum atomic E-state index is 13.3. The molecule has 7 nitrogen and oxygen atoms in total. The predicted molar refractivity (Wildman–Crippen MR) is 116 cm³/mol. The topological polar surface area (TPSA) is 88.6 Å². The fourth-order valence-electron chi connectivity index (χ4n) is 3.47. The maximum Gasteiger partial charge on any atom is 0.252 e. The quantitative estimate of drug-likeness (QED) is 0.632. The molecule has 2 aromatic carbocycles. The molecule has 1 aliphatic rings. The first-order chi connectivity index (χ1) is 14.9. The Morgan fingerprint density at radius 3 is 2.55 bits per heavy atom. The van der Waals surface area contributed by atoms with Crippen molar-refractivity contribution in [3.8, 4) is 11.3 Å². The summed E-state index contributed by atoms with van der Waals surface area (Å²) in [7, 11) is -3.47. The summed E-state index contributed by atoms with van der Waals surface area (Å²) in [6.07, 6.45) is 0. The van der Waals surface area contributed by atoms with E-state index in [0.717, 1.165) is 0 Å². The molecule has 0 spiro atoms. The zero-order valence-electron chi connectivity index (χ0n) is 16.8. The number of hydrogen-bond donors (Lipinski definition) is 1. The van der Waals surface area contributed by atoms with Crippen LogP contribution in [0.5, 0.6) is 0 Å². The van der Waals surface area contributed by atoms with Gasteiger partial charge in [0, 0.05) is 30.6 Å². The van der Waals surface area contributed by atoms with Crippen LogP contribution in [0.2, 0.25) is 0 Å². The van der Waals surface area contributed by atoms with Gasteiger partial charge in [-0.1, -0.05) is 18.2 Å². The summed E-state index contributed by atoms with van der Waals surface area (Å²) in [6, 6.07) is 14.7. The minimum absolute atomic E-state index is 0.0128. The lowest BCUT2D eigenvalue weighted by molar-refractivity contribution is 0.0730. The Balaban J connectivity index is 1.55. The van der Waals surface area contributed by atoms with Gasteiger partial charge in [-0.3, -0.25) is 4.79 Å². The van der Waals surface area contributed by atoms with Crippen LogP contribution in [-0.2, 0) is 14.8 Å². The van der Waals surface area contributed by atoms with Crippen molar-refractivity contribution in [1.29, 1.82) is 0 Å². The van der Waals surface area contributed by atoms with Gasteiger partial charge in [-0.2, -0.15) is 4.31 Å². The molecule has 1 saturated heterocycles. The number of hydrogen-bond acceptors (Lipinski definition) is 5. The van der Waals surface area contributed by atoms with Crippen LogP contribution in [0.25, 0.3) is 22.2 Å². The molecule has 0 saturated carbocycles. The number of amides is 1. The molecule has 1 amide bonds. The Morgan fingerprint density at radius 1 is 1.10 bits per heavy atom. The van der Waals surface area contributed by atoms with E-state index in [-0.39, 0.29) is 24.0 Å². The van der Waals surface area contributed by atoms with Crippen LogP contribution in [0.15, 0.2) is 54.6 Å². The van der Waals surface area contributed by atoms with Gasteiger partial charge in [0.1, 0.15) is 5.82 Å². The molecule has 1 fully saturated rings. The maximum absolute atomic E-state index is 13.3. The molecule has 1 aliphatic heterocycles. The Bertz CT molecular complexity index is 1190. The lowest BCUT2D eigenvalue weighted by atomic mass is 10.0. The molecule has 0 aliphatic carbocycles. The van der Waals surface area contributed by atoms with Crippen molar-refractivity contribution in [2.45, 2.75) is 0 Å².